The average Bonchev–Trinajstić information content (AvgIpc) is 2.96. The lowest BCUT2D eigenvalue weighted by Gasteiger charge is -2.22. The van der Waals surface area contributed by atoms with E-state index in [2.05, 4.69) is 15.3 Å². The van der Waals surface area contributed by atoms with Gasteiger partial charge in [0.05, 0.1) is 23.9 Å². The van der Waals surface area contributed by atoms with Gasteiger partial charge in [0, 0.05) is 23.8 Å². The third-order valence-electron chi connectivity index (χ3n) is 4.06. The first kappa shape index (κ1) is 17.6. The molecule has 1 aromatic heterocycles. The fraction of sp³-hybridized carbons (Fsp3) is 0.312. The monoisotopic (exact) mass is 380 g/mol. The van der Waals surface area contributed by atoms with Crippen LogP contribution in [0.25, 0.3) is 0 Å². The summed E-state index contributed by atoms with van der Waals surface area (Å²) >= 11 is 5.84. The SMILES string of the molecule is CN(C(=O)c1cnc(Nc2ccc(Cl)cc2)cn1)C1CCS(=O)(=O)C1. The van der Waals surface area contributed by atoms with E-state index >= 15 is 0 Å². The van der Waals surface area contributed by atoms with E-state index < -0.39 is 9.84 Å². The van der Waals surface area contributed by atoms with Crippen molar-refractivity contribution < 1.29 is 13.2 Å². The fourth-order valence-corrected chi connectivity index (χ4v) is 4.51. The van der Waals surface area contributed by atoms with Gasteiger partial charge in [-0.25, -0.2) is 18.4 Å². The van der Waals surface area contributed by atoms with Crippen LogP contribution in [0.1, 0.15) is 16.9 Å². The molecular weight excluding hydrogens is 364 g/mol. The number of sulfone groups is 1. The van der Waals surface area contributed by atoms with Gasteiger partial charge in [0.1, 0.15) is 11.5 Å². The molecule has 0 saturated carbocycles. The van der Waals surface area contributed by atoms with Gasteiger partial charge in [-0.05, 0) is 30.7 Å². The van der Waals surface area contributed by atoms with Crippen molar-refractivity contribution in [3.63, 3.8) is 0 Å². The Morgan fingerprint density at radius 1 is 1.24 bits per heavy atom. The molecule has 1 aromatic carbocycles. The van der Waals surface area contributed by atoms with Crippen LogP contribution in [0.4, 0.5) is 11.5 Å². The highest BCUT2D eigenvalue weighted by Crippen LogP contribution is 2.19. The van der Waals surface area contributed by atoms with Gasteiger partial charge in [-0.15, -0.1) is 0 Å². The standard InChI is InChI=1S/C16H17ClN4O3S/c1-21(13-6-7-25(23,24)10-13)16(22)14-8-19-15(9-18-14)20-12-4-2-11(17)3-5-12/h2-5,8-9,13H,6-7,10H2,1H3,(H,19,20). The Balaban J connectivity index is 1.67. The Morgan fingerprint density at radius 2 is 1.96 bits per heavy atom. The molecule has 9 heteroatoms. The van der Waals surface area contributed by atoms with Crippen LogP contribution in [0.2, 0.25) is 5.02 Å². The zero-order valence-corrected chi connectivity index (χ0v) is 15.1. The second kappa shape index (κ2) is 6.97. The van der Waals surface area contributed by atoms with Gasteiger partial charge in [-0.2, -0.15) is 0 Å². The van der Waals surface area contributed by atoms with Crippen LogP contribution in [0.3, 0.4) is 0 Å². The van der Waals surface area contributed by atoms with Crippen molar-refractivity contribution in [3.05, 3.63) is 47.4 Å². The molecule has 0 aliphatic carbocycles. The smallest absolute Gasteiger partial charge is 0.274 e. The van der Waals surface area contributed by atoms with Crippen LogP contribution in [-0.4, -0.2) is 53.8 Å². The highest BCUT2D eigenvalue weighted by Gasteiger charge is 2.33. The van der Waals surface area contributed by atoms with Crippen molar-refractivity contribution in [2.45, 2.75) is 12.5 Å². The summed E-state index contributed by atoms with van der Waals surface area (Å²) in [6.45, 7) is 0. The zero-order chi connectivity index (χ0) is 18.0. The number of amides is 1. The lowest BCUT2D eigenvalue weighted by Crippen LogP contribution is -2.38. The van der Waals surface area contributed by atoms with E-state index in [9.17, 15) is 13.2 Å². The van der Waals surface area contributed by atoms with E-state index in [4.69, 9.17) is 11.6 Å². The topological polar surface area (TPSA) is 92.3 Å². The van der Waals surface area contributed by atoms with E-state index in [-0.39, 0.29) is 29.1 Å². The first-order valence-corrected chi connectivity index (χ1v) is 9.86. The van der Waals surface area contributed by atoms with Gasteiger partial charge in [0.25, 0.3) is 5.91 Å². The van der Waals surface area contributed by atoms with Crippen LogP contribution in [-0.2, 0) is 9.84 Å². The minimum absolute atomic E-state index is 0.00112. The molecule has 1 fully saturated rings. The summed E-state index contributed by atoms with van der Waals surface area (Å²) < 4.78 is 23.1. The molecule has 25 heavy (non-hydrogen) atoms. The first-order chi connectivity index (χ1) is 11.8. The van der Waals surface area contributed by atoms with E-state index in [0.717, 1.165) is 5.69 Å². The molecule has 1 saturated heterocycles. The highest BCUT2D eigenvalue weighted by molar-refractivity contribution is 7.91. The van der Waals surface area contributed by atoms with Crippen LogP contribution >= 0.6 is 11.6 Å². The van der Waals surface area contributed by atoms with E-state index in [1.807, 2.05) is 0 Å². The maximum absolute atomic E-state index is 12.4. The quantitative estimate of drug-likeness (QED) is 0.873. The molecule has 1 aliphatic rings. The third kappa shape index (κ3) is 4.26. The number of carbonyl (C=O) groups excluding carboxylic acids is 1. The zero-order valence-electron chi connectivity index (χ0n) is 13.5. The Kier molecular flexibility index (Phi) is 4.91. The Hall–Kier alpha value is -2.19. The average molecular weight is 381 g/mol. The summed E-state index contributed by atoms with van der Waals surface area (Å²) in [5, 5.41) is 3.69. The van der Waals surface area contributed by atoms with Crippen LogP contribution < -0.4 is 5.32 Å². The predicted octanol–water partition coefficient (Wildman–Crippen LogP) is 2.13. The molecule has 7 nitrogen and oxygen atoms in total. The molecule has 0 bridgehead atoms. The summed E-state index contributed by atoms with van der Waals surface area (Å²) in [6.07, 6.45) is 3.29. The Labute approximate surface area is 151 Å². The molecule has 1 unspecified atom stereocenters. The molecular formula is C16H17ClN4O3S. The van der Waals surface area contributed by atoms with Gasteiger partial charge < -0.3 is 10.2 Å². The lowest BCUT2D eigenvalue weighted by atomic mass is 10.2. The molecule has 0 radical (unpaired) electrons. The number of hydrogen-bond donors (Lipinski definition) is 1. The van der Waals surface area contributed by atoms with Crippen LogP contribution in [0.15, 0.2) is 36.7 Å². The number of nitrogens with one attached hydrogen (secondary N) is 1. The lowest BCUT2D eigenvalue weighted by molar-refractivity contribution is 0.0741. The number of anilines is 2. The normalized spacial score (nSPS) is 18.7. The first-order valence-electron chi connectivity index (χ1n) is 7.66. The molecule has 2 heterocycles. The van der Waals surface area contributed by atoms with Gasteiger partial charge in [0.2, 0.25) is 0 Å². The summed E-state index contributed by atoms with van der Waals surface area (Å²) in [4.78, 5) is 22.2. The molecule has 1 amide bonds. The van der Waals surface area contributed by atoms with Crippen molar-refractivity contribution in [2.24, 2.45) is 0 Å². The van der Waals surface area contributed by atoms with Crippen molar-refractivity contribution in [2.75, 3.05) is 23.9 Å². The maximum Gasteiger partial charge on any atom is 0.274 e. The number of carbonyl (C=O) groups is 1. The minimum atomic E-state index is -3.05. The number of halogens is 1. The second-order valence-corrected chi connectivity index (χ2v) is 8.56. The highest BCUT2D eigenvalue weighted by atomic mass is 35.5. The molecule has 1 atom stereocenters. The fourth-order valence-electron chi connectivity index (χ4n) is 2.61. The number of aromatic nitrogens is 2. The molecule has 132 valence electrons. The van der Waals surface area contributed by atoms with Crippen LogP contribution in [0, 0.1) is 0 Å². The van der Waals surface area contributed by atoms with E-state index in [0.29, 0.717) is 17.3 Å². The molecule has 3 rings (SSSR count). The van der Waals surface area contributed by atoms with Crippen molar-refractivity contribution in [1.82, 2.24) is 14.9 Å². The van der Waals surface area contributed by atoms with Crippen LogP contribution in [0.5, 0.6) is 0 Å². The summed E-state index contributed by atoms with van der Waals surface area (Å²) in [5.74, 6) is 0.265. The van der Waals surface area contributed by atoms with Crippen molar-refractivity contribution in [3.8, 4) is 0 Å². The largest absolute Gasteiger partial charge is 0.339 e. The van der Waals surface area contributed by atoms with Gasteiger partial charge >= 0.3 is 0 Å². The summed E-state index contributed by atoms with van der Waals surface area (Å²) in [7, 11) is -1.46. The predicted molar refractivity (Wildman–Crippen MR) is 95.9 cm³/mol. The third-order valence-corrected chi connectivity index (χ3v) is 6.07. The van der Waals surface area contributed by atoms with Gasteiger partial charge in [0.15, 0.2) is 9.84 Å². The number of benzene rings is 1. The Bertz CT molecular complexity index is 869. The van der Waals surface area contributed by atoms with Gasteiger partial charge in [-0.1, -0.05) is 11.6 Å². The summed E-state index contributed by atoms with van der Waals surface area (Å²) in [5.41, 5.74) is 0.972. The van der Waals surface area contributed by atoms with Gasteiger partial charge in [-0.3, -0.25) is 4.79 Å². The van der Waals surface area contributed by atoms with E-state index in [1.54, 1.807) is 31.3 Å². The molecule has 0 spiro atoms. The minimum Gasteiger partial charge on any atom is -0.339 e. The second-order valence-electron chi connectivity index (χ2n) is 5.89. The summed E-state index contributed by atoms with van der Waals surface area (Å²) in [6, 6.07) is 6.79. The van der Waals surface area contributed by atoms with Crippen molar-refractivity contribution in [1.29, 1.82) is 0 Å². The number of rotatable bonds is 4. The number of hydrogen-bond acceptors (Lipinski definition) is 6. The Morgan fingerprint density at radius 3 is 2.52 bits per heavy atom. The van der Waals surface area contributed by atoms with E-state index in [1.165, 1.54) is 17.3 Å². The maximum atomic E-state index is 12.4. The van der Waals surface area contributed by atoms with Crippen molar-refractivity contribution >= 4 is 38.9 Å². The molecule has 1 N–H and O–H groups in total. The molecule has 1 aliphatic heterocycles. The number of nitrogens with zero attached hydrogens (tertiary/aromatic N) is 3. The molecule has 2 aromatic rings.